The first-order valence-corrected chi connectivity index (χ1v) is 11.1. The smallest absolute Gasteiger partial charge is 0.220 e. The second-order valence-electron chi connectivity index (χ2n) is 7.14. The number of unbranched alkanes of at least 4 members (excludes halogenated alkanes) is 4. The summed E-state index contributed by atoms with van der Waals surface area (Å²) < 4.78 is 22.7. The normalized spacial score (nSPS) is 24.1. The predicted molar refractivity (Wildman–Crippen MR) is 93.1 cm³/mol. The van der Waals surface area contributed by atoms with Crippen LogP contribution < -0.4 is 5.32 Å². The van der Waals surface area contributed by atoms with E-state index in [4.69, 9.17) is 0 Å². The molecular weight excluding hydrogens is 312 g/mol. The molecule has 1 unspecified atom stereocenters. The molecule has 5 nitrogen and oxygen atoms in total. The zero-order chi connectivity index (χ0) is 16.5. The van der Waals surface area contributed by atoms with E-state index in [0.29, 0.717) is 12.8 Å². The highest BCUT2D eigenvalue weighted by atomic mass is 32.2. The van der Waals surface area contributed by atoms with E-state index in [9.17, 15) is 13.2 Å². The number of hydrogen-bond donors (Lipinski definition) is 1. The Morgan fingerprint density at radius 2 is 1.74 bits per heavy atom. The van der Waals surface area contributed by atoms with Gasteiger partial charge in [0.1, 0.15) is 0 Å². The van der Waals surface area contributed by atoms with E-state index in [1.807, 2.05) is 0 Å². The van der Waals surface area contributed by atoms with Crippen molar-refractivity contribution >= 4 is 15.7 Å². The van der Waals surface area contributed by atoms with Gasteiger partial charge in [-0.25, -0.2) is 8.42 Å². The monoisotopic (exact) mass is 344 g/mol. The summed E-state index contributed by atoms with van der Waals surface area (Å²) in [5.41, 5.74) is 0. The van der Waals surface area contributed by atoms with Gasteiger partial charge in [-0.1, -0.05) is 19.3 Å². The Morgan fingerprint density at radius 3 is 2.43 bits per heavy atom. The van der Waals surface area contributed by atoms with Crippen LogP contribution >= 0.6 is 0 Å². The third-order valence-electron chi connectivity index (χ3n) is 4.97. The van der Waals surface area contributed by atoms with Crippen molar-refractivity contribution in [3.8, 4) is 0 Å². The van der Waals surface area contributed by atoms with E-state index in [-0.39, 0.29) is 23.3 Å². The highest BCUT2D eigenvalue weighted by Gasteiger charge is 2.29. The molecule has 23 heavy (non-hydrogen) atoms. The summed E-state index contributed by atoms with van der Waals surface area (Å²) in [5.74, 6) is 0.492. The molecule has 1 atom stereocenters. The van der Waals surface area contributed by atoms with Crippen LogP contribution in [-0.2, 0) is 14.6 Å². The molecule has 134 valence electrons. The lowest BCUT2D eigenvalue weighted by Gasteiger charge is -2.13. The predicted octanol–water partition coefficient (Wildman–Crippen LogP) is 1.97. The van der Waals surface area contributed by atoms with Crippen molar-refractivity contribution in [1.29, 1.82) is 0 Å². The summed E-state index contributed by atoms with van der Waals surface area (Å²) in [4.78, 5) is 14.3. The van der Waals surface area contributed by atoms with Crippen molar-refractivity contribution in [2.45, 2.75) is 57.8 Å². The molecule has 1 amide bonds. The van der Waals surface area contributed by atoms with E-state index in [0.717, 1.165) is 19.4 Å². The third-order valence-corrected chi connectivity index (χ3v) is 6.81. The maximum absolute atomic E-state index is 11.8. The molecule has 6 heteroatoms. The Hall–Kier alpha value is -0.620. The Kier molecular flexibility index (Phi) is 7.83. The molecule has 2 aliphatic rings. The molecule has 0 aromatic carbocycles. The number of carbonyl (C=O) groups excluding carboxylic acids is 1. The second kappa shape index (κ2) is 9.62. The van der Waals surface area contributed by atoms with Gasteiger partial charge >= 0.3 is 0 Å². The number of sulfone groups is 1. The average Bonchev–Trinajstić information content (AvgIpc) is 3.11. The molecule has 2 heterocycles. The van der Waals surface area contributed by atoms with E-state index >= 15 is 0 Å². The fourth-order valence-corrected chi connectivity index (χ4v) is 5.45. The molecular formula is C17H32N2O3S. The molecule has 0 bridgehead atoms. The fourth-order valence-electron chi connectivity index (χ4n) is 3.59. The van der Waals surface area contributed by atoms with Crippen LogP contribution in [0, 0.1) is 5.92 Å². The van der Waals surface area contributed by atoms with Crippen molar-refractivity contribution in [2.75, 3.05) is 37.7 Å². The number of carbonyl (C=O) groups is 1. The SMILES string of the molecule is O=C(CC1CCS(=O)(=O)C1)NCCCCCCCN1CCCC1. The molecule has 0 aromatic rings. The number of hydrogen-bond acceptors (Lipinski definition) is 4. The number of likely N-dealkylation sites (tertiary alicyclic amines) is 1. The number of nitrogens with zero attached hydrogens (tertiary/aromatic N) is 1. The van der Waals surface area contributed by atoms with E-state index in [1.165, 1.54) is 51.7 Å². The van der Waals surface area contributed by atoms with Gasteiger partial charge in [0.05, 0.1) is 11.5 Å². The van der Waals surface area contributed by atoms with Crippen LogP contribution in [0.3, 0.4) is 0 Å². The number of amides is 1. The second-order valence-corrected chi connectivity index (χ2v) is 9.37. The van der Waals surface area contributed by atoms with Crippen LogP contribution in [0.2, 0.25) is 0 Å². The Bertz CT molecular complexity index is 458. The quantitative estimate of drug-likeness (QED) is 0.615. The van der Waals surface area contributed by atoms with Gasteiger partial charge in [-0.05, 0) is 57.7 Å². The molecule has 0 aliphatic carbocycles. The standard InChI is InChI=1S/C17H32N2O3S/c20-17(14-16-8-13-23(21,22)15-16)18-9-4-2-1-3-5-10-19-11-6-7-12-19/h16H,1-15H2,(H,18,20). The molecule has 2 fully saturated rings. The zero-order valence-electron chi connectivity index (χ0n) is 14.3. The van der Waals surface area contributed by atoms with Crippen LogP contribution in [-0.4, -0.2) is 56.9 Å². The van der Waals surface area contributed by atoms with Gasteiger partial charge in [-0.15, -0.1) is 0 Å². The third kappa shape index (κ3) is 7.66. The molecule has 2 saturated heterocycles. The van der Waals surface area contributed by atoms with Crippen LogP contribution in [0.1, 0.15) is 57.8 Å². The fraction of sp³-hybridized carbons (Fsp3) is 0.941. The maximum atomic E-state index is 11.8. The van der Waals surface area contributed by atoms with Crippen molar-refractivity contribution < 1.29 is 13.2 Å². The lowest BCUT2D eigenvalue weighted by molar-refractivity contribution is -0.121. The largest absolute Gasteiger partial charge is 0.356 e. The summed E-state index contributed by atoms with van der Waals surface area (Å²) in [5, 5.41) is 2.93. The van der Waals surface area contributed by atoms with Gasteiger partial charge < -0.3 is 10.2 Å². The summed E-state index contributed by atoms with van der Waals surface area (Å²) in [7, 11) is -2.87. The zero-order valence-corrected chi connectivity index (χ0v) is 15.1. The van der Waals surface area contributed by atoms with Gasteiger partial charge in [-0.2, -0.15) is 0 Å². The van der Waals surface area contributed by atoms with Crippen LogP contribution in [0.4, 0.5) is 0 Å². The molecule has 2 rings (SSSR count). The van der Waals surface area contributed by atoms with Crippen molar-refractivity contribution in [3.05, 3.63) is 0 Å². The highest BCUT2D eigenvalue weighted by molar-refractivity contribution is 7.91. The molecule has 2 aliphatic heterocycles. The first-order valence-electron chi connectivity index (χ1n) is 9.25. The molecule has 0 aromatic heterocycles. The van der Waals surface area contributed by atoms with Crippen molar-refractivity contribution in [3.63, 3.8) is 0 Å². The summed E-state index contributed by atoms with van der Waals surface area (Å²) in [6, 6.07) is 0. The van der Waals surface area contributed by atoms with Gasteiger partial charge in [-0.3, -0.25) is 4.79 Å². The van der Waals surface area contributed by atoms with Crippen LogP contribution in [0.5, 0.6) is 0 Å². The number of rotatable bonds is 10. The maximum Gasteiger partial charge on any atom is 0.220 e. The molecule has 0 saturated carbocycles. The van der Waals surface area contributed by atoms with E-state index in [1.54, 1.807) is 0 Å². The highest BCUT2D eigenvalue weighted by Crippen LogP contribution is 2.21. The van der Waals surface area contributed by atoms with Crippen LogP contribution in [0.25, 0.3) is 0 Å². The van der Waals surface area contributed by atoms with Gasteiger partial charge in [0, 0.05) is 13.0 Å². The summed E-state index contributed by atoms with van der Waals surface area (Å²) in [6.07, 6.45) is 9.76. The lowest BCUT2D eigenvalue weighted by Crippen LogP contribution is -2.26. The Morgan fingerprint density at radius 1 is 1.04 bits per heavy atom. The van der Waals surface area contributed by atoms with Crippen molar-refractivity contribution in [2.24, 2.45) is 5.92 Å². The van der Waals surface area contributed by atoms with Gasteiger partial charge in [0.15, 0.2) is 9.84 Å². The molecule has 1 N–H and O–H groups in total. The van der Waals surface area contributed by atoms with Crippen LogP contribution in [0.15, 0.2) is 0 Å². The first kappa shape index (κ1) is 18.7. The topological polar surface area (TPSA) is 66.5 Å². The molecule has 0 radical (unpaired) electrons. The molecule has 0 spiro atoms. The Balaban J connectivity index is 1.39. The van der Waals surface area contributed by atoms with Gasteiger partial charge in [0.25, 0.3) is 0 Å². The summed E-state index contributed by atoms with van der Waals surface area (Å²) >= 11 is 0. The van der Waals surface area contributed by atoms with E-state index in [2.05, 4.69) is 10.2 Å². The lowest BCUT2D eigenvalue weighted by atomic mass is 10.1. The van der Waals surface area contributed by atoms with Gasteiger partial charge in [0.2, 0.25) is 5.91 Å². The average molecular weight is 345 g/mol. The van der Waals surface area contributed by atoms with E-state index < -0.39 is 9.84 Å². The number of nitrogens with one attached hydrogen (secondary N) is 1. The summed E-state index contributed by atoms with van der Waals surface area (Å²) in [6.45, 7) is 4.55. The minimum Gasteiger partial charge on any atom is -0.356 e. The van der Waals surface area contributed by atoms with Crippen molar-refractivity contribution in [1.82, 2.24) is 10.2 Å². The minimum atomic E-state index is -2.87. The first-order chi connectivity index (χ1) is 11.1. The minimum absolute atomic E-state index is 0.0149. The Labute approximate surface area is 141 Å².